The summed E-state index contributed by atoms with van der Waals surface area (Å²) < 4.78 is 8.89. The van der Waals surface area contributed by atoms with E-state index in [2.05, 4.69) is 4.99 Å². The molecule has 0 aliphatic heterocycles. The lowest BCUT2D eigenvalue weighted by molar-refractivity contribution is 0.0997. The van der Waals surface area contributed by atoms with Gasteiger partial charge in [0.2, 0.25) is 0 Å². The fraction of sp³-hybridized carbons (Fsp3) is 0.250. The Morgan fingerprint density at radius 3 is 2.65 bits per heavy atom. The van der Waals surface area contributed by atoms with Crippen molar-refractivity contribution in [1.29, 1.82) is 0 Å². The Hall–Kier alpha value is -0.600. The lowest BCUT2D eigenvalue weighted by atomic mass is 10.3. The zero-order chi connectivity index (χ0) is 18.8. The third-order valence-corrected chi connectivity index (χ3v) is 6.81. The molecule has 0 aliphatic rings. The number of carbonyl (C=O) groups is 1. The van der Waals surface area contributed by atoms with Crippen LogP contribution in [0.25, 0.3) is 10.2 Å². The molecule has 1 aromatic carbocycles. The molecule has 4 nitrogen and oxygen atoms in total. The summed E-state index contributed by atoms with van der Waals surface area (Å²) in [5, 5.41) is 0.857. The summed E-state index contributed by atoms with van der Waals surface area (Å²) in [6.45, 7) is 3.44. The number of thiophene rings is 1. The molecule has 0 saturated heterocycles. The van der Waals surface area contributed by atoms with Crippen LogP contribution in [0, 0.1) is 0 Å². The van der Waals surface area contributed by atoms with Crippen LogP contribution in [0.2, 0.25) is 18.7 Å². The molecule has 0 atom stereocenters. The maximum Gasteiger partial charge on any atom is 0.282 e. The van der Waals surface area contributed by atoms with E-state index in [-0.39, 0.29) is 5.56 Å². The summed E-state index contributed by atoms with van der Waals surface area (Å²) in [6.07, 6.45) is 0. The van der Waals surface area contributed by atoms with E-state index >= 15 is 0 Å². The SMILES string of the molecule is CCOCCn1c(=NC(=O)c2cc(Cl)sc2Cl)sc2ccc(Cl)c(Cl)c21. The maximum atomic E-state index is 12.6. The first-order chi connectivity index (χ1) is 12.4. The van der Waals surface area contributed by atoms with Crippen molar-refractivity contribution in [3.05, 3.63) is 47.3 Å². The molecule has 10 heteroatoms. The van der Waals surface area contributed by atoms with Crippen LogP contribution in [0.4, 0.5) is 0 Å². The summed E-state index contributed by atoms with van der Waals surface area (Å²) in [7, 11) is 0. The number of rotatable bonds is 5. The van der Waals surface area contributed by atoms with Crippen LogP contribution in [-0.4, -0.2) is 23.7 Å². The van der Waals surface area contributed by atoms with Gasteiger partial charge in [-0.1, -0.05) is 57.7 Å². The molecule has 3 rings (SSSR count). The molecule has 1 amide bonds. The summed E-state index contributed by atoms with van der Waals surface area (Å²) in [5.74, 6) is -0.461. The van der Waals surface area contributed by atoms with Crippen LogP contribution in [0.1, 0.15) is 17.3 Å². The van der Waals surface area contributed by atoms with Gasteiger partial charge in [-0.2, -0.15) is 4.99 Å². The average molecular weight is 470 g/mol. The zero-order valence-corrected chi connectivity index (χ0v) is 18.0. The van der Waals surface area contributed by atoms with Gasteiger partial charge in [0.05, 0.1) is 36.8 Å². The molecular weight excluding hydrogens is 458 g/mol. The van der Waals surface area contributed by atoms with Gasteiger partial charge in [0.15, 0.2) is 4.80 Å². The first-order valence-corrected chi connectivity index (χ1v) is 10.7. The molecule has 138 valence electrons. The number of nitrogens with zero attached hydrogens (tertiary/aromatic N) is 2. The van der Waals surface area contributed by atoms with Gasteiger partial charge in [-0.3, -0.25) is 4.79 Å². The Bertz CT molecular complexity index is 1040. The van der Waals surface area contributed by atoms with Crippen molar-refractivity contribution in [2.24, 2.45) is 4.99 Å². The third-order valence-electron chi connectivity index (χ3n) is 3.48. The van der Waals surface area contributed by atoms with E-state index in [1.807, 2.05) is 17.6 Å². The molecule has 0 N–H and O–H groups in total. The molecule has 0 radical (unpaired) electrons. The number of amides is 1. The predicted octanol–water partition coefficient (Wildman–Crippen LogP) is 6.16. The van der Waals surface area contributed by atoms with E-state index in [0.29, 0.717) is 43.3 Å². The van der Waals surface area contributed by atoms with Gasteiger partial charge in [-0.15, -0.1) is 11.3 Å². The van der Waals surface area contributed by atoms with Crippen LogP contribution < -0.4 is 4.80 Å². The molecule has 2 aromatic heterocycles. The molecule has 2 heterocycles. The molecule has 0 bridgehead atoms. The van der Waals surface area contributed by atoms with Gasteiger partial charge in [0, 0.05) is 13.2 Å². The van der Waals surface area contributed by atoms with Crippen LogP contribution in [0.15, 0.2) is 23.2 Å². The number of halogens is 4. The van der Waals surface area contributed by atoms with Crippen molar-refractivity contribution in [3.8, 4) is 0 Å². The highest BCUT2D eigenvalue weighted by Gasteiger charge is 2.16. The zero-order valence-electron chi connectivity index (χ0n) is 13.4. The maximum absolute atomic E-state index is 12.6. The van der Waals surface area contributed by atoms with E-state index in [0.717, 1.165) is 21.6 Å². The van der Waals surface area contributed by atoms with Crippen molar-refractivity contribution in [3.63, 3.8) is 0 Å². The minimum atomic E-state index is -0.461. The summed E-state index contributed by atoms with van der Waals surface area (Å²) >= 11 is 27.0. The molecule has 0 aliphatic carbocycles. The first kappa shape index (κ1) is 20.1. The van der Waals surface area contributed by atoms with Crippen LogP contribution in [-0.2, 0) is 11.3 Å². The number of aromatic nitrogens is 1. The standard InChI is InChI=1S/C16H12Cl4N2O2S2/c1-2-24-6-5-22-13-10(4-3-9(17)12(13)19)25-16(22)21-15(23)8-7-11(18)26-14(8)20/h3-4,7H,2,5-6H2,1H3. The molecule has 26 heavy (non-hydrogen) atoms. The fourth-order valence-electron chi connectivity index (χ4n) is 2.33. The van der Waals surface area contributed by atoms with Gasteiger partial charge in [0.25, 0.3) is 5.91 Å². The third kappa shape index (κ3) is 4.12. The minimum Gasteiger partial charge on any atom is -0.380 e. The second kappa shape index (κ2) is 8.61. The van der Waals surface area contributed by atoms with E-state index in [9.17, 15) is 4.79 Å². The van der Waals surface area contributed by atoms with Gasteiger partial charge < -0.3 is 9.30 Å². The fourth-order valence-corrected chi connectivity index (χ4v) is 5.32. The Kier molecular flexibility index (Phi) is 6.67. The monoisotopic (exact) mass is 468 g/mol. The lowest BCUT2D eigenvalue weighted by Crippen LogP contribution is -2.20. The molecule has 0 saturated carbocycles. The molecule has 0 spiro atoms. The highest BCUT2D eigenvalue weighted by molar-refractivity contribution is 7.20. The van der Waals surface area contributed by atoms with Gasteiger partial charge in [0.1, 0.15) is 4.34 Å². The number of hydrogen-bond acceptors (Lipinski definition) is 4. The predicted molar refractivity (Wildman–Crippen MR) is 111 cm³/mol. The number of fused-ring (bicyclic) bond motifs is 1. The van der Waals surface area contributed by atoms with Crippen molar-refractivity contribution in [1.82, 2.24) is 4.57 Å². The normalized spacial score (nSPS) is 12.3. The van der Waals surface area contributed by atoms with Gasteiger partial charge >= 0.3 is 0 Å². The van der Waals surface area contributed by atoms with Crippen molar-refractivity contribution in [2.75, 3.05) is 13.2 Å². The van der Waals surface area contributed by atoms with E-state index in [1.54, 1.807) is 6.07 Å². The number of carbonyl (C=O) groups excluding carboxylic acids is 1. The number of ether oxygens (including phenoxy) is 1. The molecule has 3 aromatic rings. The molecule has 0 fully saturated rings. The topological polar surface area (TPSA) is 43.6 Å². The van der Waals surface area contributed by atoms with Gasteiger partial charge in [-0.25, -0.2) is 0 Å². The van der Waals surface area contributed by atoms with E-state index < -0.39 is 5.91 Å². The largest absolute Gasteiger partial charge is 0.380 e. The first-order valence-electron chi connectivity index (χ1n) is 7.51. The smallest absolute Gasteiger partial charge is 0.282 e. The summed E-state index contributed by atoms with van der Waals surface area (Å²) in [6, 6.07) is 5.09. The highest BCUT2D eigenvalue weighted by Crippen LogP contribution is 2.33. The number of hydrogen-bond donors (Lipinski definition) is 0. The Labute approximate surface area is 177 Å². The van der Waals surface area contributed by atoms with Crippen LogP contribution >= 0.6 is 69.1 Å². The highest BCUT2D eigenvalue weighted by atomic mass is 35.5. The Morgan fingerprint density at radius 2 is 2.00 bits per heavy atom. The average Bonchev–Trinajstić information content (AvgIpc) is 3.11. The van der Waals surface area contributed by atoms with Crippen molar-refractivity contribution < 1.29 is 9.53 Å². The Balaban J connectivity index is 2.14. The van der Waals surface area contributed by atoms with E-state index in [4.69, 9.17) is 51.1 Å². The van der Waals surface area contributed by atoms with Crippen LogP contribution in [0.5, 0.6) is 0 Å². The Morgan fingerprint density at radius 1 is 1.23 bits per heavy atom. The van der Waals surface area contributed by atoms with Crippen LogP contribution in [0.3, 0.4) is 0 Å². The summed E-state index contributed by atoms with van der Waals surface area (Å²) in [4.78, 5) is 17.3. The van der Waals surface area contributed by atoms with E-state index in [1.165, 1.54) is 17.4 Å². The second-order valence-electron chi connectivity index (χ2n) is 5.10. The van der Waals surface area contributed by atoms with Crippen molar-refractivity contribution >= 4 is 85.2 Å². The molecule has 0 unspecified atom stereocenters. The minimum absolute atomic E-state index is 0.277. The van der Waals surface area contributed by atoms with Crippen molar-refractivity contribution in [2.45, 2.75) is 13.5 Å². The second-order valence-corrected chi connectivity index (χ2v) is 9.18. The van der Waals surface area contributed by atoms with Gasteiger partial charge in [-0.05, 0) is 25.1 Å². The lowest BCUT2D eigenvalue weighted by Gasteiger charge is -2.07. The molecular formula is C16H12Cl4N2O2S2. The number of thiazole rings is 1. The number of benzene rings is 1. The quantitative estimate of drug-likeness (QED) is 0.420. The summed E-state index contributed by atoms with van der Waals surface area (Å²) in [5.41, 5.74) is 1.00.